The lowest BCUT2D eigenvalue weighted by Gasteiger charge is -2.12. The molecule has 5 heteroatoms. The molecular formula is C14H23N3O2. The number of nitrogens with two attached hydrogens (primary N) is 1. The third-order valence-electron chi connectivity index (χ3n) is 2.67. The smallest absolute Gasteiger partial charge is 0.254 e. The Labute approximate surface area is 114 Å². The van der Waals surface area contributed by atoms with Gasteiger partial charge in [-0.1, -0.05) is 13.8 Å². The van der Waals surface area contributed by atoms with Crippen LogP contribution in [0, 0.1) is 13.8 Å². The molecule has 3 N–H and O–H groups in total. The van der Waals surface area contributed by atoms with Gasteiger partial charge < -0.3 is 15.8 Å². The van der Waals surface area contributed by atoms with Gasteiger partial charge in [0.15, 0.2) is 0 Å². The number of carbonyl (C=O) groups is 1. The van der Waals surface area contributed by atoms with Crippen LogP contribution in [0.5, 0.6) is 5.88 Å². The van der Waals surface area contributed by atoms with Crippen LogP contribution in [0.15, 0.2) is 6.07 Å². The largest absolute Gasteiger partial charge is 0.477 e. The third-order valence-corrected chi connectivity index (χ3v) is 2.67. The highest BCUT2D eigenvalue weighted by atomic mass is 16.5. The zero-order valence-electron chi connectivity index (χ0n) is 12.1. The Morgan fingerprint density at radius 2 is 2.16 bits per heavy atom. The molecule has 0 aliphatic heterocycles. The first kappa shape index (κ1) is 15.4. The number of primary amides is 1. The first-order valence-electron chi connectivity index (χ1n) is 6.56. The monoisotopic (exact) mass is 265 g/mol. The van der Waals surface area contributed by atoms with E-state index in [0.717, 1.165) is 24.2 Å². The van der Waals surface area contributed by atoms with Crippen molar-refractivity contribution in [2.75, 3.05) is 13.2 Å². The molecule has 0 saturated heterocycles. The Hall–Kier alpha value is -1.62. The van der Waals surface area contributed by atoms with Gasteiger partial charge in [0.05, 0.1) is 6.61 Å². The van der Waals surface area contributed by atoms with Crippen molar-refractivity contribution in [3.8, 4) is 5.88 Å². The number of rotatable bonds is 7. The summed E-state index contributed by atoms with van der Waals surface area (Å²) in [7, 11) is 0. The highest BCUT2D eigenvalue weighted by molar-refractivity contribution is 5.96. The lowest BCUT2D eigenvalue weighted by molar-refractivity contribution is 0.0994. The Balaban J connectivity index is 2.64. The molecule has 1 rings (SSSR count). The zero-order chi connectivity index (χ0) is 14.4. The second-order valence-electron chi connectivity index (χ2n) is 4.94. The van der Waals surface area contributed by atoms with E-state index >= 15 is 0 Å². The van der Waals surface area contributed by atoms with Gasteiger partial charge in [-0.2, -0.15) is 0 Å². The molecule has 0 radical (unpaired) electrons. The lowest BCUT2D eigenvalue weighted by Crippen LogP contribution is -2.25. The summed E-state index contributed by atoms with van der Waals surface area (Å²) in [4.78, 5) is 15.7. The minimum atomic E-state index is -0.500. The molecule has 106 valence electrons. The van der Waals surface area contributed by atoms with Crippen LogP contribution in [0.1, 0.15) is 41.9 Å². The fourth-order valence-electron chi connectivity index (χ4n) is 1.84. The Kier molecular flexibility index (Phi) is 5.76. The predicted octanol–water partition coefficient (Wildman–Crippen LogP) is 1.56. The number of amides is 1. The van der Waals surface area contributed by atoms with Crippen LogP contribution in [0.2, 0.25) is 0 Å². The number of hydrogen-bond donors (Lipinski definition) is 2. The molecule has 0 saturated carbocycles. The molecule has 1 heterocycles. The lowest BCUT2D eigenvalue weighted by atomic mass is 10.1. The van der Waals surface area contributed by atoms with E-state index < -0.39 is 5.91 Å². The van der Waals surface area contributed by atoms with Gasteiger partial charge in [-0.05, 0) is 38.4 Å². The molecule has 0 aliphatic carbocycles. The van der Waals surface area contributed by atoms with Gasteiger partial charge in [-0.15, -0.1) is 0 Å². The number of pyridine rings is 1. The van der Waals surface area contributed by atoms with E-state index in [9.17, 15) is 4.79 Å². The van der Waals surface area contributed by atoms with Gasteiger partial charge in [0.2, 0.25) is 5.88 Å². The van der Waals surface area contributed by atoms with Gasteiger partial charge in [-0.3, -0.25) is 4.79 Å². The number of ether oxygens (including phenoxy) is 1. The van der Waals surface area contributed by atoms with E-state index in [2.05, 4.69) is 24.1 Å². The molecule has 0 spiro atoms. The summed E-state index contributed by atoms with van der Waals surface area (Å²) in [6.07, 6.45) is 0.852. The van der Waals surface area contributed by atoms with Crippen LogP contribution in [0.4, 0.5) is 0 Å². The molecule has 1 aromatic rings. The number of aryl methyl sites for hydroxylation is 2. The van der Waals surface area contributed by atoms with Crippen molar-refractivity contribution in [1.29, 1.82) is 0 Å². The number of carbonyl (C=O) groups excluding carboxylic acids is 1. The Morgan fingerprint density at radius 3 is 2.74 bits per heavy atom. The number of hydrogen-bond acceptors (Lipinski definition) is 4. The topological polar surface area (TPSA) is 77.2 Å². The first-order chi connectivity index (χ1) is 8.91. The van der Waals surface area contributed by atoms with Gasteiger partial charge >= 0.3 is 0 Å². The van der Waals surface area contributed by atoms with Crippen LogP contribution >= 0.6 is 0 Å². The van der Waals surface area contributed by atoms with Crippen molar-refractivity contribution in [3.05, 3.63) is 22.9 Å². The maximum atomic E-state index is 11.4. The number of nitrogens with one attached hydrogen (secondary N) is 1. The van der Waals surface area contributed by atoms with Crippen molar-refractivity contribution in [2.24, 2.45) is 5.73 Å². The van der Waals surface area contributed by atoms with Crippen molar-refractivity contribution < 1.29 is 9.53 Å². The highest BCUT2D eigenvalue weighted by Crippen LogP contribution is 2.20. The molecule has 5 nitrogen and oxygen atoms in total. The molecule has 0 unspecified atom stereocenters. The molecule has 19 heavy (non-hydrogen) atoms. The van der Waals surface area contributed by atoms with Gasteiger partial charge in [-0.25, -0.2) is 4.98 Å². The van der Waals surface area contributed by atoms with Gasteiger partial charge in [0, 0.05) is 11.7 Å². The van der Waals surface area contributed by atoms with Crippen molar-refractivity contribution in [2.45, 2.75) is 40.2 Å². The summed E-state index contributed by atoms with van der Waals surface area (Å²) in [5, 5.41) is 3.30. The minimum Gasteiger partial charge on any atom is -0.477 e. The van der Waals surface area contributed by atoms with Crippen molar-refractivity contribution in [1.82, 2.24) is 10.3 Å². The average Bonchev–Trinajstić information content (AvgIpc) is 2.26. The number of nitrogens with zero attached hydrogens (tertiary/aromatic N) is 1. The Bertz CT molecular complexity index is 445. The summed E-state index contributed by atoms with van der Waals surface area (Å²) >= 11 is 0. The predicted molar refractivity (Wildman–Crippen MR) is 75.5 cm³/mol. The molecule has 0 atom stereocenters. The van der Waals surface area contributed by atoms with Crippen LogP contribution in [-0.2, 0) is 0 Å². The van der Waals surface area contributed by atoms with E-state index in [0.29, 0.717) is 24.1 Å². The van der Waals surface area contributed by atoms with Crippen LogP contribution in [0.25, 0.3) is 0 Å². The molecule has 0 aromatic carbocycles. The van der Waals surface area contributed by atoms with Crippen molar-refractivity contribution in [3.63, 3.8) is 0 Å². The summed E-state index contributed by atoms with van der Waals surface area (Å²) < 4.78 is 5.59. The van der Waals surface area contributed by atoms with Crippen LogP contribution < -0.4 is 15.8 Å². The zero-order valence-corrected chi connectivity index (χ0v) is 12.1. The van der Waals surface area contributed by atoms with Crippen LogP contribution in [-0.4, -0.2) is 30.1 Å². The normalized spacial score (nSPS) is 10.8. The first-order valence-corrected chi connectivity index (χ1v) is 6.56. The molecule has 1 aromatic heterocycles. The SMILES string of the molecule is Cc1cc(C)c(C(N)=O)c(OCCCNC(C)C)n1. The third kappa shape index (κ3) is 4.87. The summed E-state index contributed by atoms with van der Waals surface area (Å²) in [5.74, 6) is -0.158. The second kappa shape index (κ2) is 7.09. The standard InChI is InChI=1S/C14H23N3O2/c1-9(2)16-6-5-7-19-14-12(13(15)18)10(3)8-11(4)17-14/h8-9,16H,5-7H2,1-4H3,(H2,15,18). The van der Waals surface area contributed by atoms with E-state index in [1.54, 1.807) is 0 Å². The summed E-state index contributed by atoms with van der Waals surface area (Å²) in [6, 6.07) is 2.29. The number of aromatic nitrogens is 1. The highest BCUT2D eigenvalue weighted by Gasteiger charge is 2.15. The maximum Gasteiger partial charge on any atom is 0.254 e. The van der Waals surface area contributed by atoms with E-state index in [1.807, 2.05) is 19.9 Å². The maximum absolute atomic E-state index is 11.4. The fraction of sp³-hybridized carbons (Fsp3) is 0.571. The summed E-state index contributed by atoms with van der Waals surface area (Å²) in [5.41, 5.74) is 7.36. The Morgan fingerprint density at radius 1 is 1.47 bits per heavy atom. The van der Waals surface area contributed by atoms with E-state index in [1.165, 1.54) is 0 Å². The molecule has 1 amide bonds. The molecule has 0 bridgehead atoms. The molecule has 0 fully saturated rings. The fourth-order valence-corrected chi connectivity index (χ4v) is 1.84. The second-order valence-corrected chi connectivity index (χ2v) is 4.94. The molecular weight excluding hydrogens is 242 g/mol. The minimum absolute atomic E-state index is 0.342. The van der Waals surface area contributed by atoms with E-state index in [4.69, 9.17) is 10.5 Å². The molecule has 0 aliphatic rings. The van der Waals surface area contributed by atoms with E-state index in [-0.39, 0.29) is 0 Å². The van der Waals surface area contributed by atoms with Crippen LogP contribution in [0.3, 0.4) is 0 Å². The van der Waals surface area contributed by atoms with Gasteiger partial charge in [0.1, 0.15) is 5.56 Å². The quantitative estimate of drug-likeness (QED) is 0.734. The summed E-state index contributed by atoms with van der Waals surface area (Å²) in [6.45, 7) is 9.27. The van der Waals surface area contributed by atoms with Crippen molar-refractivity contribution >= 4 is 5.91 Å². The average molecular weight is 265 g/mol. The van der Waals surface area contributed by atoms with Gasteiger partial charge in [0.25, 0.3) is 5.91 Å².